The molecule has 0 nitrogen and oxygen atoms in total. The third-order valence-electron chi connectivity index (χ3n) is 4.39. The quantitative estimate of drug-likeness (QED) is 0.512. The molecule has 1 aromatic carbocycles. The topological polar surface area (TPSA) is 0 Å². The fourth-order valence-corrected chi connectivity index (χ4v) is 5.12. The zero-order valence-electron chi connectivity index (χ0n) is 10.8. The minimum atomic E-state index is 0.432. The van der Waals surface area contributed by atoms with E-state index in [0.29, 0.717) is 5.38 Å². The van der Waals surface area contributed by atoms with E-state index in [2.05, 4.69) is 24.3 Å². The second-order valence-corrected chi connectivity index (χ2v) is 7.44. The van der Waals surface area contributed by atoms with Crippen LogP contribution in [0.3, 0.4) is 0 Å². The van der Waals surface area contributed by atoms with Gasteiger partial charge >= 0.3 is 0 Å². The summed E-state index contributed by atoms with van der Waals surface area (Å²) in [6.07, 6.45) is 7.94. The highest BCUT2D eigenvalue weighted by atomic mass is 35.5. The molecule has 1 saturated carbocycles. The summed E-state index contributed by atoms with van der Waals surface area (Å²) in [6, 6.07) is 8.95. The van der Waals surface area contributed by atoms with Gasteiger partial charge in [0, 0.05) is 16.0 Å². The van der Waals surface area contributed by atoms with Crippen molar-refractivity contribution < 1.29 is 0 Å². The van der Waals surface area contributed by atoms with Crippen LogP contribution in [0.2, 0.25) is 0 Å². The number of alkyl halides is 1. The van der Waals surface area contributed by atoms with E-state index in [4.69, 9.17) is 11.6 Å². The van der Waals surface area contributed by atoms with Crippen molar-refractivity contribution in [3.63, 3.8) is 0 Å². The fraction of sp³-hybridized carbons (Fsp3) is 0.625. The summed E-state index contributed by atoms with van der Waals surface area (Å²) >= 11 is 8.43. The van der Waals surface area contributed by atoms with Crippen molar-refractivity contribution in [1.29, 1.82) is 0 Å². The molecular weight excluding hydrogens is 260 g/mol. The van der Waals surface area contributed by atoms with E-state index >= 15 is 0 Å². The van der Waals surface area contributed by atoms with Gasteiger partial charge in [-0.2, -0.15) is 0 Å². The number of hydrogen-bond acceptors (Lipinski definition) is 1. The molecule has 0 saturated heterocycles. The van der Waals surface area contributed by atoms with Crippen molar-refractivity contribution in [1.82, 2.24) is 0 Å². The van der Waals surface area contributed by atoms with Gasteiger partial charge < -0.3 is 0 Å². The van der Waals surface area contributed by atoms with Gasteiger partial charge in [-0.25, -0.2) is 0 Å². The number of benzene rings is 1. The highest BCUT2D eigenvalue weighted by Crippen LogP contribution is 2.44. The minimum absolute atomic E-state index is 0.432. The number of hydrogen-bond donors (Lipinski definition) is 0. The number of thioether (sulfide) groups is 1. The molecule has 1 fully saturated rings. The normalized spacial score (nSPS) is 31.9. The molecule has 0 aromatic heterocycles. The molecule has 0 bridgehead atoms. The number of rotatable bonds is 2. The second-order valence-electron chi connectivity index (χ2n) is 5.76. The SMILES string of the molecule is ClC1CCCCC(CC2CSc3ccccc32)C1. The Bertz CT molecular complexity index is 404. The maximum atomic E-state index is 6.40. The van der Waals surface area contributed by atoms with Gasteiger partial charge in [0.05, 0.1) is 0 Å². The Balaban J connectivity index is 1.66. The molecule has 1 heterocycles. The van der Waals surface area contributed by atoms with Crippen LogP contribution in [-0.2, 0) is 0 Å². The predicted molar refractivity (Wildman–Crippen MR) is 80.7 cm³/mol. The third kappa shape index (κ3) is 2.88. The Kier molecular flexibility index (Phi) is 4.20. The van der Waals surface area contributed by atoms with Gasteiger partial charge in [0.25, 0.3) is 0 Å². The maximum absolute atomic E-state index is 6.40. The summed E-state index contributed by atoms with van der Waals surface area (Å²) < 4.78 is 0. The Morgan fingerprint density at radius 1 is 1.17 bits per heavy atom. The first-order valence-electron chi connectivity index (χ1n) is 7.18. The molecule has 0 N–H and O–H groups in total. The summed E-state index contributed by atoms with van der Waals surface area (Å²) in [5, 5.41) is 0.432. The molecular formula is C16H21ClS. The van der Waals surface area contributed by atoms with E-state index in [9.17, 15) is 0 Å². The first-order valence-corrected chi connectivity index (χ1v) is 8.61. The first kappa shape index (κ1) is 12.9. The lowest BCUT2D eigenvalue weighted by Gasteiger charge is -2.20. The molecule has 1 aromatic rings. The Morgan fingerprint density at radius 2 is 2.00 bits per heavy atom. The van der Waals surface area contributed by atoms with E-state index in [0.717, 1.165) is 11.8 Å². The summed E-state index contributed by atoms with van der Waals surface area (Å²) in [7, 11) is 0. The van der Waals surface area contributed by atoms with Crippen LogP contribution in [0.5, 0.6) is 0 Å². The molecule has 1 aliphatic heterocycles. The zero-order valence-corrected chi connectivity index (χ0v) is 12.3. The van der Waals surface area contributed by atoms with Crippen LogP contribution in [0.4, 0.5) is 0 Å². The third-order valence-corrected chi connectivity index (χ3v) is 6.03. The van der Waals surface area contributed by atoms with Crippen LogP contribution in [0.1, 0.15) is 50.0 Å². The smallest absolute Gasteiger partial charge is 0.0338 e. The lowest BCUT2D eigenvalue weighted by molar-refractivity contribution is 0.403. The largest absolute Gasteiger partial charge is 0.125 e. The van der Waals surface area contributed by atoms with E-state index < -0.39 is 0 Å². The lowest BCUT2D eigenvalue weighted by atomic mass is 9.86. The van der Waals surface area contributed by atoms with Gasteiger partial charge in [0.2, 0.25) is 0 Å². The summed E-state index contributed by atoms with van der Waals surface area (Å²) in [6.45, 7) is 0. The zero-order chi connectivity index (χ0) is 12.4. The maximum Gasteiger partial charge on any atom is 0.0338 e. The van der Waals surface area contributed by atoms with Gasteiger partial charge in [-0.3, -0.25) is 0 Å². The monoisotopic (exact) mass is 280 g/mol. The molecule has 1 aliphatic carbocycles. The van der Waals surface area contributed by atoms with Gasteiger partial charge in [-0.15, -0.1) is 23.4 Å². The van der Waals surface area contributed by atoms with Crippen molar-refractivity contribution in [2.45, 2.75) is 54.7 Å². The first-order chi connectivity index (χ1) is 8.83. The average Bonchev–Trinajstić information content (AvgIpc) is 2.66. The van der Waals surface area contributed by atoms with Crippen molar-refractivity contribution in [3.8, 4) is 0 Å². The Labute approximate surface area is 119 Å². The molecule has 3 unspecified atom stereocenters. The number of fused-ring (bicyclic) bond motifs is 1. The Hall–Kier alpha value is -0.140. The van der Waals surface area contributed by atoms with Crippen LogP contribution >= 0.6 is 23.4 Å². The van der Waals surface area contributed by atoms with Crippen molar-refractivity contribution in [2.24, 2.45) is 5.92 Å². The fourth-order valence-electron chi connectivity index (χ4n) is 3.44. The molecule has 0 spiro atoms. The predicted octanol–water partition coefficient (Wildman–Crippen LogP) is 5.45. The molecule has 0 radical (unpaired) electrons. The lowest BCUT2D eigenvalue weighted by Crippen LogP contribution is -2.10. The van der Waals surface area contributed by atoms with Crippen LogP contribution < -0.4 is 0 Å². The van der Waals surface area contributed by atoms with Gasteiger partial charge in [0.1, 0.15) is 0 Å². The van der Waals surface area contributed by atoms with Crippen molar-refractivity contribution >= 4 is 23.4 Å². The summed E-state index contributed by atoms with van der Waals surface area (Å²) in [5.41, 5.74) is 1.60. The van der Waals surface area contributed by atoms with Crippen molar-refractivity contribution in [3.05, 3.63) is 29.8 Å². The second kappa shape index (κ2) is 5.88. The molecule has 2 aliphatic rings. The summed E-state index contributed by atoms with van der Waals surface area (Å²) in [5.74, 6) is 2.91. The molecule has 0 amide bonds. The highest BCUT2D eigenvalue weighted by molar-refractivity contribution is 7.99. The molecule has 18 heavy (non-hydrogen) atoms. The van der Waals surface area contributed by atoms with Crippen LogP contribution in [0, 0.1) is 5.92 Å². The van der Waals surface area contributed by atoms with Crippen LogP contribution in [-0.4, -0.2) is 11.1 Å². The van der Waals surface area contributed by atoms with Gasteiger partial charge in [-0.1, -0.05) is 37.5 Å². The van der Waals surface area contributed by atoms with E-state index in [1.54, 1.807) is 5.56 Å². The van der Waals surface area contributed by atoms with Gasteiger partial charge in [-0.05, 0) is 42.7 Å². The molecule has 3 atom stereocenters. The standard InChI is InChI=1S/C16H21ClS/c17-14-6-2-1-5-12(10-14)9-13-11-18-16-8-4-3-7-15(13)16/h3-4,7-8,12-14H,1-2,5-6,9-11H2. The summed E-state index contributed by atoms with van der Waals surface area (Å²) in [4.78, 5) is 1.51. The molecule has 3 rings (SSSR count). The average molecular weight is 281 g/mol. The van der Waals surface area contributed by atoms with Crippen molar-refractivity contribution in [2.75, 3.05) is 5.75 Å². The van der Waals surface area contributed by atoms with E-state index in [1.165, 1.54) is 49.2 Å². The van der Waals surface area contributed by atoms with E-state index in [-0.39, 0.29) is 0 Å². The highest BCUT2D eigenvalue weighted by Gasteiger charge is 2.27. The minimum Gasteiger partial charge on any atom is -0.125 e. The van der Waals surface area contributed by atoms with Crippen LogP contribution in [0.15, 0.2) is 29.2 Å². The van der Waals surface area contributed by atoms with Crippen LogP contribution in [0.25, 0.3) is 0 Å². The Morgan fingerprint density at radius 3 is 2.94 bits per heavy atom. The van der Waals surface area contributed by atoms with E-state index in [1.807, 2.05) is 11.8 Å². The van der Waals surface area contributed by atoms with Gasteiger partial charge in [0.15, 0.2) is 0 Å². The number of halogens is 1. The molecule has 98 valence electrons. The molecule has 2 heteroatoms.